The van der Waals surface area contributed by atoms with Crippen LogP contribution in [0, 0.1) is 10.1 Å². The Morgan fingerprint density at radius 3 is 2.14 bits per heavy atom. The van der Waals surface area contributed by atoms with E-state index in [2.05, 4.69) is 4.74 Å². The molecule has 1 aromatic carbocycles. The molecule has 1 aromatic rings. The number of hydrogen-bond donors (Lipinski definition) is 0. The van der Waals surface area contributed by atoms with Crippen molar-refractivity contribution in [3.8, 4) is 5.75 Å². The summed E-state index contributed by atoms with van der Waals surface area (Å²) < 4.78 is 88.3. The van der Waals surface area contributed by atoms with Crippen LogP contribution >= 0.6 is 10.7 Å². The molecule has 13 heteroatoms. The highest BCUT2D eigenvalue weighted by Gasteiger charge is 2.44. The van der Waals surface area contributed by atoms with E-state index in [1.807, 2.05) is 0 Å². The van der Waals surface area contributed by atoms with Gasteiger partial charge in [0.25, 0.3) is 14.7 Å². The van der Waals surface area contributed by atoms with Crippen LogP contribution in [0.2, 0.25) is 0 Å². The standard InChI is InChI=1S/C8H3ClF5NO5S/c9-21(18,19)5-2-3(20-7(10)11)1-4(15(16)17)6(5)8(12,13)14/h1-2,7H. The molecule has 6 nitrogen and oxygen atoms in total. The van der Waals surface area contributed by atoms with Crippen LogP contribution in [0.3, 0.4) is 0 Å². The highest BCUT2D eigenvalue weighted by molar-refractivity contribution is 8.13. The Morgan fingerprint density at radius 2 is 1.81 bits per heavy atom. The van der Waals surface area contributed by atoms with Crippen molar-refractivity contribution in [2.45, 2.75) is 17.7 Å². The van der Waals surface area contributed by atoms with Gasteiger partial charge < -0.3 is 4.74 Å². The first-order valence-corrected chi connectivity index (χ1v) is 6.94. The number of rotatable bonds is 4. The van der Waals surface area contributed by atoms with Gasteiger partial charge in [0.2, 0.25) is 0 Å². The van der Waals surface area contributed by atoms with Gasteiger partial charge in [0, 0.05) is 16.7 Å². The Morgan fingerprint density at radius 1 is 1.29 bits per heavy atom. The summed E-state index contributed by atoms with van der Waals surface area (Å²) in [5.74, 6) is -1.15. The van der Waals surface area contributed by atoms with E-state index >= 15 is 0 Å². The van der Waals surface area contributed by atoms with Crippen molar-refractivity contribution in [2.24, 2.45) is 0 Å². The molecular weight excluding hydrogens is 353 g/mol. The third-order valence-corrected chi connectivity index (χ3v) is 3.37. The molecule has 0 atom stereocenters. The molecule has 0 bridgehead atoms. The zero-order chi connectivity index (χ0) is 16.6. The van der Waals surface area contributed by atoms with Crippen molar-refractivity contribution in [2.75, 3.05) is 0 Å². The van der Waals surface area contributed by atoms with E-state index in [1.165, 1.54) is 0 Å². The zero-order valence-electron chi connectivity index (χ0n) is 9.40. The van der Waals surface area contributed by atoms with Crippen molar-refractivity contribution in [1.82, 2.24) is 0 Å². The lowest BCUT2D eigenvalue weighted by Gasteiger charge is -2.13. The van der Waals surface area contributed by atoms with Crippen LogP contribution in [0.15, 0.2) is 17.0 Å². The van der Waals surface area contributed by atoms with Crippen LogP contribution < -0.4 is 4.74 Å². The SMILES string of the molecule is O=[N+]([O-])c1cc(OC(F)F)cc(S(=O)(=O)Cl)c1C(F)(F)F. The average Bonchev–Trinajstić information content (AvgIpc) is 2.23. The molecule has 0 spiro atoms. The van der Waals surface area contributed by atoms with Gasteiger partial charge in [-0.05, 0) is 0 Å². The van der Waals surface area contributed by atoms with E-state index in [1.54, 1.807) is 0 Å². The van der Waals surface area contributed by atoms with Gasteiger partial charge in [-0.15, -0.1) is 0 Å². The van der Waals surface area contributed by atoms with Gasteiger partial charge in [-0.1, -0.05) is 0 Å². The molecule has 0 aromatic heterocycles. The summed E-state index contributed by atoms with van der Waals surface area (Å²) in [7, 11) is -0.347. The second-order valence-corrected chi connectivity index (χ2v) is 5.92. The van der Waals surface area contributed by atoms with E-state index < -0.39 is 48.7 Å². The number of hydrogen-bond acceptors (Lipinski definition) is 5. The molecule has 0 heterocycles. The van der Waals surface area contributed by atoms with Crippen LogP contribution in [0.4, 0.5) is 27.6 Å². The van der Waals surface area contributed by atoms with Crippen molar-refractivity contribution in [3.63, 3.8) is 0 Å². The fourth-order valence-corrected chi connectivity index (χ4v) is 2.45. The predicted octanol–water partition coefficient (Wildman–Crippen LogP) is 3.14. The predicted molar refractivity (Wildman–Crippen MR) is 57.8 cm³/mol. The number of nitrogens with zero attached hydrogens (tertiary/aromatic N) is 1. The first kappa shape index (κ1) is 17.4. The Hall–Kier alpha value is -1.69. The monoisotopic (exact) mass is 355 g/mol. The fraction of sp³-hybridized carbons (Fsp3) is 0.250. The molecule has 0 amide bonds. The average molecular weight is 356 g/mol. The Labute approximate surface area is 117 Å². The van der Waals surface area contributed by atoms with Crippen LogP contribution in [0.1, 0.15) is 5.56 Å². The quantitative estimate of drug-likeness (QED) is 0.358. The Kier molecular flexibility index (Phi) is 4.63. The van der Waals surface area contributed by atoms with E-state index in [0.717, 1.165) is 0 Å². The number of alkyl halides is 5. The molecule has 0 fully saturated rings. The van der Waals surface area contributed by atoms with Crippen molar-refractivity contribution in [1.29, 1.82) is 0 Å². The summed E-state index contributed by atoms with van der Waals surface area (Å²) >= 11 is 0. The minimum atomic E-state index is -5.46. The molecule has 0 saturated heterocycles. The minimum Gasteiger partial charge on any atom is -0.435 e. The summed E-state index contributed by atoms with van der Waals surface area (Å²) in [5, 5.41) is 10.6. The Bertz CT molecular complexity index is 674. The molecule has 0 aliphatic rings. The molecule has 0 unspecified atom stereocenters. The van der Waals surface area contributed by atoms with Crippen molar-refractivity contribution >= 4 is 25.4 Å². The number of halogens is 6. The fourth-order valence-electron chi connectivity index (χ4n) is 1.37. The van der Waals surface area contributed by atoms with Gasteiger partial charge >= 0.3 is 12.8 Å². The van der Waals surface area contributed by atoms with Gasteiger partial charge in [0.15, 0.2) is 5.56 Å². The number of benzene rings is 1. The topological polar surface area (TPSA) is 86.5 Å². The van der Waals surface area contributed by atoms with Gasteiger partial charge in [0.05, 0.1) is 11.0 Å². The normalized spacial score (nSPS) is 12.5. The highest BCUT2D eigenvalue weighted by Crippen LogP contribution is 2.43. The number of nitro groups is 1. The molecule has 0 N–H and O–H groups in total. The van der Waals surface area contributed by atoms with Crippen LogP contribution in [-0.2, 0) is 15.2 Å². The highest BCUT2D eigenvalue weighted by atomic mass is 35.7. The van der Waals surface area contributed by atoms with Crippen molar-refractivity contribution in [3.05, 3.63) is 27.8 Å². The van der Waals surface area contributed by atoms with Gasteiger partial charge in [-0.25, -0.2) is 8.42 Å². The van der Waals surface area contributed by atoms with E-state index in [9.17, 15) is 40.5 Å². The minimum absolute atomic E-state index is 0.0283. The smallest absolute Gasteiger partial charge is 0.424 e. The van der Waals surface area contributed by atoms with E-state index in [-0.39, 0.29) is 12.1 Å². The summed E-state index contributed by atoms with van der Waals surface area (Å²) in [5.41, 5.74) is -3.95. The lowest BCUT2D eigenvalue weighted by Crippen LogP contribution is -2.15. The lowest BCUT2D eigenvalue weighted by atomic mass is 10.1. The molecule has 0 aliphatic heterocycles. The van der Waals surface area contributed by atoms with E-state index in [4.69, 9.17) is 10.7 Å². The Balaban J connectivity index is 3.80. The van der Waals surface area contributed by atoms with Crippen LogP contribution in [0.25, 0.3) is 0 Å². The maximum atomic E-state index is 12.8. The molecule has 0 saturated carbocycles. The first-order valence-electron chi connectivity index (χ1n) is 4.63. The lowest BCUT2D eigenvalue weighted by molar-refractivity contribution is -0.388. The molecule has 118 valence electrons. The summed E-state index contributed by atoms with van der Waals surface area (Å²) in [6.07, 6.45) is -5.46. The van der Waals surface area contributed by atoms with Crippen molar-refractivity contribution < 1.29 is 40.0 Å². The van der Waals surface area contributed by atoms with E-state index in [0.29, 0.717) is 0 Å². The van der Waals surface area contributed by atoms with Gasteiger partial charge in [-0.3, -0.25) is 10.1 Å². The van der Waals surface area contributed by atoms with Gasteiger partial charge in [0.1, 0.15) is 10.6 Å². The zero-order valence-corrected chi connectivity index (χ0v) is 11.0. The number of ether oxygens (including phenoxy) is 1. The molecule has 21 heavy (non-hydrogen) atoms. The molecule has 1 rings (SSSR count). The third kappa shape index (κ3) is 4.14. The molecule has 0 radical (unpaired) electrons. The maximum absolute atomic E-state index is 12.8. The summed E-state index contributed by atoms with van der Waals surface area (Å²) in [6, 6.07) is 0.0604. The summed E-state index contributed by atoms with van der Waals surface area (Å²) in [4.78, 5) is 7.27. The largest absolute Gasteiger partial charge is 0.435 e. The maximum Gasteiger partial charge on any atom is 0.424 e. The van der Waals surface area contributed by atoms with Crippen LogP contribution in [0.5, 0.6) is 5.75 Å². The van der Waals surface area contributed by atoms with Gasteiger partial charge in [-0.2, -0.15) is 22.0 Å². The second-order valence-electron chi connectivity index (χ2n) is 3.39. The third-order valence-electron chi connectivity index (χ3n) is 2.02. The van der Waals surface area contributed by atoms with Crippen LogP contribution in [-0.4, -0.2) is 20.0 Å². The second kappa shape index (κ2) is 5.60. The first-order chi connectivity index (χ1) is 9.34. The summed E-state index contributed by atoms with van der Waals surface area (Å²) in [6.45, 7) is -3.53. The number of nitro benzene ring substituents is 1. The molecular formula is C8H3ClF5NO5S. The molecule has 0 aliphatic carbocycles.